The van der Waals surface area contributed by atoms with Crippen LogP contribution in [-0.4, -0.2) is 78.2 Å². The molecule has 5 rings (SSSR count). The summed E-state index contributed by atoms with van der Waals surface area (Å²) in [6.07, 6.45) is 1.76. The predicted molar refractivity (Wildman–Crippen MR) is 146 cm³/mol. The molecular formula is C29H36N6O3. The number of benzene rings is 1. The van der Waals surface area contributed by atoms with Crippen molar-refractivity contribution in [1.82, 2.24) is 19.7 Å². The van der Waals surface area contributed by atoms with E-state index in [1.54, 1.807) is 6.92 Å². The number of likely N-dealkylation sites (tertiary alicyclic amines) is 1. The molecule has 0 amide bonds. The molecule has 0 aliphatic carbocycles. The lowest BCUT2D eigenvalue weighted by molar-refractivity contribution is 0.0520. The molecule has 2 fully saturated rings. The third-order valence-corrected chi connectivity index (χ3v) is 7.47. The average molecular weight is 517 g/mol. The lowest BCUT2D eigenvalue weighted by Crippen LogP contribution is -2.36. The van der Waals surface area contributed by atoms with Gasteiger partial charge in [-0.2, -0.15) is 10.4 Å². The van der Waals surface area contributed by atoms with Gasteiger partial charge in [0.05, 0.1) is 49.6 Å². The van der Waals surface area contributed by atoms with Crippen molar-refractivity contribution in [3.8, 4) is 17.2 Å². The summed E-state index contributed by atoms with van der Waals surface area (Å²) in [7, 11) is 0. The van der Waals surface area contributed by atoms with E-state index in [0.29, 0.717) is 12.2 Å². The third-order valence-electron chi connectivity index (χ3n) is 7.47. The smallest absolute Gasteiger partial charge is 0.357 e. The maximum absolute atomic E-state index is 12.9. The minimum atomic E-state index is -0.428. The lowest BCUT2D eigenvalue weighted by Gasteiger charge is -2.30. The number of aromatic nitrogens is 3. The largest absolute Gasteiger partial charge is 0.461 e. The molecule has 0 bridgehead atoms. The second-order valence-electron chi connectivity index (χ2n) is 10.3. The van der Waals surface area contributed by atoms with Crippen LogP contribution in [0.1, 0.15) is 61.8 Å². The van der Waals surface area contributed by atoms with Gasteiger partial charge >= 0.3 is 5.97 Å². The summed E-state index contributed by atoms with van der Waals surface area (Å²) in [5.41, 5.74) is 5.13. The molecule has 3 aromatic rings. The Morgan fingerprint density at radius 2 is 1.87 bits per heavy atom. The van der Waals surface area contributed by atoms with E-state index in [-0.39, 0.29) is 18.6 Å². The quantitative estimate of drug-likeness (QED) is 0.337. The highest BCUT2D eigenvalue weighted by molar-refractivity contribution is 6.00. The van der Waals surface area contributed by atoms with E-state index in [1.165, 1.54) is 0 Å². The number of esters is 1. The van der Waals surface area contributed by atoms with E-state index >= 15 is 0 Å². The molecule has 9 heteroatoms. The molecule has 2 aliphatic heterocycles. The normalized spacial score (nSPS) is 17.2. The highest BCUT2D eigenvalue weighted by Crippen LogP contribution is 2.37. The summed E-state index contributed by atoms with van der Waals surface area (Å²) >= 11 is 0. The van der Waals surface area contributed by atoms with Gasteiger partial charge in [0.25, 0.3) is 0 Å². The molecule has 2 aromatic heterocycles. The zero-order chi connectivity index (χ0) is 26.6. The first-order valence-electron chi connectivity index (χ1n) is 13.6. The molecule has 0 radical (unpaired) electrons. The summed E-state index contributed by atoms with van der Waals surface area (Å²) in [5.74, 6) is -0.248. The minimum Gasteiger partial charge on any atom is -0.461 e. The Labute approximate surface area is 223 Å². The van der Waals surface area contributed by atoms with E-state index < -0.39 is 5.97 Å². The van der Waals surface area contributed by atoms with Crippen molar-refractivity contribution in [1.29, 1.82) is 5.26 Å². The molecule has 200 valence electrons. The lowest BCUT2D eigenvalue weighted by atomic mass is 9.97. The molecule has 0 saturated carbocycles. The fourth-order valence-corrected chi connectivity index (χ4v) is 5.45. The van der Waals surface area contributed by atoms with Crippen LogP contribution in [0.3, 0.4) is 0 Å². The molecule has 1 aromatic carbocycles. The zero-order valence-electron chi connectivity index (χ0n) is 22.5. The summed E-state index contributed by atoms with van der Waals surface area (Å²) in [4.78, 5) is 22.2. The first-order valence-corrected chi connectivity index (χ1v) is 13.6. The van der Waals surface area contributed by atoms with Crippen molar-refractivity contribution in [3.63, 3.8) is 0 Å². The molecule has 0 unspecified atom stereocenters. The van der Waals surface area contributed by atoms with Gasteiger partial charge in [0.1, 0.15) is 0 Å². The van der Waals surface area contributed by atoms with E-state index in [1.807, 2.05) is 10.7 Å². The fourth-order valence-electron chi connectivity index (χ4n) is 5.45. The summed E-state index contributed by atoms with van der Waals surface area (Å²) in [5, 5.41) is 15.2. The number of nitrogens with zero attached hydrogens (tertiary/aromatic N) is 6. The maximum atomic E-state index is 12.9. The Hall–Kier alpha value is -3.48. The first-order chi connectivity index (χ1) is 18.5. The number of rotatable bonds is 7. The number of piperidine rings is 1. The van der Waals surface area contributed by atoms with Crippen molar-refractivity contribution in [2.24, 2.45) is 0 Å². The Bertz CT molecular complexity index is 1310. The van der Waals surface area contributed by atoms with Gasteiger partial charge in [-0.3, -0.25) is 4.90 Å². The average Bonchev–Trinajstić information content (AvgIpc) is 3.34. The van der Waals surface area contributed by atoms with Gasteiger partial charge in [-0.15, -0.1) is 0 Å². The second-order valence-corrected chi connectivity index (χ2v) is 10.3. The molecule has 4 heterocycles. The van der Waals surface area contributed by atoms with Crippen LogP contribution >= 0.6 is 0 Å². The van der Waals surface area contributed by atoms with E-state index in [0.717, 1.165) is 85.8 Å². The van der Waals surface area contributed by atoms with Crippen molar-refractivity contribution in [2.45, 2.75) is 45.6 Å². The first kappa shape index (κ1) is 26.1. The minimum absolute atomic E-state index is 0.154. The summed E-state index contributed by atoms with van der Waals surface area (Å²) in [6.45, 7) is 11.7. The molecular weight excluding hydrogens is 480 g/mol. The number of fused-ring (bicyclic) bond motifs is 1. The molecule has 2 aliphatic rings. The van der Waals surface area contributed by atoms with Gasteiger partial charge in [-0.1, -0.05) is 26.0 Å². The third kappa shape index (κ3) is 5.24. The standard InChI is InChI=1S/C29H36N6O3/c1-4-38-29(36)25-19-24(21-5-7-22(8-6-21)34-15-17-37-18-16-34)26-27(20(2)3)32-35(28(26)31-25)23-9-12-33(13-10-23)14-11-30/h5-8,19-20,23H,4,9-10,12-18H2,1-3H3. The Morgan fingerprint density at radius 1 is 1.16 bits per heavy atom. The van der Waals surface area contributed by atoms with E-state index in [4.69, 9.17) is 24.8 Å². The van der Waals surface area contributed by atoms with Crippen LogP contribution in [0, 0.1) is 11.3 Å². The monoisotopic (exact) mass is 516 g/mol. The van der Waals surface area contributed by atoms with Crippen LogP contribution < -0.4 is 4.90 Å². The molecule has 0 N–H and O–H groups in total. The number of morpholine rings is 1. The van der Waals surface area contributed by atoms with E-state index in [2.05, 4.69) is 54.0 Å². The van der Waals surface area contributed by atoms with E-state index in [9.17, 15) is 4.79 Å². The zero-order valence-corrected chi connectivity index (χ0v) is 22.5. The van der Waals surface area contributed by atoms with Gasteiger partial charge in [-0.05, 0) is 55.0 Å². The van der Waals surface area contributed by atoms with Gasteiger partial charge in [-0.25, -0.2) is 14.5 Å². The molecule has 0 spiro atoms. The maximum Gasteiger partial charge on any atom is 0.357 e. The predicted octanol–water partition coefficient (Wildman–Crippen LogP) is 4.40. The van der Waals surface area contributed by atoms with Gasteiger partial charge < -0.3 is 14.4 Å². The van der Waals surface area contributed by atoms with Gasteiger partial charge in [0.15, 0.2) is 11.3 Å². The van der Waals surface area contributed by atoms with Crippen molar-refractivity contribution in [3.05, 3.63) is 41.7 Å². The number of carbonyl (C=O) groups excluding carboxylic acids is 1. The Morgan fingerprint density at radius 3 is 2.50 bits per heavy atom. The number of pyridine rings is 1. The van der Waals surface area contributed by atoms with Crippen LogP contribution in [0.15, 0.2) is 30.3 Å². The Kier molecular flexibility index (Phi) is 7.91. The molecule has 2 saturated heterocycles. The van der Waals surface area contributed by atoms with Gasteiger partial charge in [0.2, 0.25) is 0 Å². The van der Waals surface area contributed by atoms with Gasteiger partial charge in [0, 0.05) is 31.9 Å². The number of anilines is 1. The number of carbonyl (C=O) groups is 1. The van der Waals surface area contributed by atoms with Crippen LogP contribution in [-0.2, 0) is 9.47 Å². The van der Waals surface area contributed by atoms with Crippen molar-refractivity contribution in [2.75, 3.05) is 57.4 Å². The summed E-state index contributed by atoms with van der Waals surface area (Å²) in [6, 6.07) is 12.8. The van der Waals surface area contributed by atoms with Crippen LogP contribution in [0.2, 0.25) is 0 Å². The molecule has 38 heavy (non-hydrogen) atoms. The van der Waals surface area contributed by atoms with Crippen LogP contribution in [0.25, 0.3) is 22.2 Å². The topological polar surface area (TPSA) is 96.5 Å². The highest BCUT2D eigenvalue weighted by Gasteiger charge is 2.28. The number of ether oxygens (including phenoxy) is 2. The SMILES string of the molecule is CCOC(=O)c1cc(-c2ccc(N3CCOCC3)cc2)c2c(C(C)C)nn(C3CCN(CC#N)CC3)c2n1. The highest BCUT2D eigenvalue weighted by atomic mass is 16.5. The van der Waals surface area contributed by atoms with Crippen LogP contribution in [0.4, 0.5) is 5.69 Å². The second kappa shape index (κ2) is 11.5. The number of hydrogen-bond donors (Lipinski definition) is 0. The Balaban J connectivity index is 1.61. The summed E-state index contributed by atoms with van der Waals surface area (Å²) < 4.78 is 12.9. The number of hydrogen-bond acceptors (Lipinski definition) is 8. The molecule has 0 atom stereocenters. The van der Waals surface area contributed by atoms with Crippen molar-refractivity contribution >= 4 is 22.7 Å². The van der Waals surface area contributed by atoms with Crippen LogP contribution in [0.5, 0.6) is 0 Å². The molecule has 9 nitrogen and oxygen atoms in total. The number of nitriles is 1. The fraction of sp³-hybridized carbons (Fsp3) is 0.517. The van der Waals surface area contributed by atoms with Crippen molar-refractivity contribution < 1.29 is 14.3 Å².